The molecule has 30 heavy (non-hydrogen) atoms. The molecular weight excluding hydrogens is 378 g/mol. The van der Waals surface area contributed by atoms with Gasteiger partial charge < -0.3 is 9.55 Å². The van der Waals surface area contributed by atoms with E-state index in [4.69, 9.17) is 0 Å². The number of hydrogen-bond acceptors (Lipinski definition) is 5. The van der Waals surface area contributed by atoms with Crippen LogP contribution >= 0.6 is 0 Å². The molecule has 0 saturated heterocycles. The van der Waals surface area contributed by atoms with Gasteiger partial charge in [0.05, 0.1) is 47.0 Å². The van der Waals surface area contributed by atoms with Gasteiger partial charge in [-0.1, -0.05) is 0 Å². The van der Waals surface area contributed by atoms with Crippen molar-refractivity contribution in [2.45, 2.75) is 6.92 Å². The smallest absolute Gasteiger partial charge is 0.139 e. The van der Waals surface area contributed by atoms with Crippen LogP contribution in [0, 0.1) is 6.92 Å². The van der Waals surface area contributed by atoms with E-state index in [2.05, 4.69) is 41.3 Å². The van der Waals surface area contributed by atoms with Gasteiger partial charge in [-0.2, -0.15) is 10.2 Å². The number of rotatable bonds is 3. The lowest BCUT2D eigenvalue weighted by Crippen LogP contribution is -1.91. The monoisotopic (exact) mass is 395 g/mol. The summed E-state index contributed by atoms with van der Waals surface area (Å²) in [6, 6.07) is 6.09. The fourth-order valence-corrected chi connectivity index (χ4v) is 3.75. The van der Waals surface area contributed by atoms with E-state index < -0.39 is 0 Å². The molecule has 0 atom stereocenters. The summed E-state index contributed by atoms with van der Waals surface area (Å²) in [5.41, 5.74) is 7.16. The Morgan fingerprint density at radius 3 is 2.73 bits per heavy atom. The summed E-state index contributed by atoms with van der Waals surface area (Å²) < 4.78 is 3.77. The molecule has 0 radical (unpaired) electrons. The highest BCUT2D eigenvalue weighted by Crippen LogP contribution is 2.32. The van der Waals surface area contributed by atoms with Gasteiger partial charge in [-0.25, -0.2) is 9.97 Å². The van der Waals surface area contributed by atoms with Gasteiger partial charge in [0.15, 0.2) is 0 Å². The van der Waals surface area contributed by atoms with E-state index >= 15 is 0 Å². The second-order valence-corrected chi connectivity index (χ2v) is 7.29. The quantitative estimate of drug-likeness (QED) is 0.478. The van der Waals surface area contributed by atoms with E-state index in [1.807, 2.05) is 49.4 Å². The number of pyridine rings is 2. The zero-order chi connectivity index (χ0) is 20.2. The molecule has 0 aliphatic carbocycles. The van der Waals surface area contributed by atoms with Gasteiger partial charge in [0, 0.05) is 42.0 Å². The summed E-state index contributed by atoms with van der Waals surface area (Å²) in [6.07, 6.45) is 11.2. The standard InChI is InChI=1S/C21H17N9/c1-12-9-30(11-24-12)19-3-4-22-21-15(19)6-17(26-21)20-14-5-16(13-7-25-29(2)10-13)23-8-18(14)27-28-20/h3-11H,1-2H3,(H,22,26)(H,27,28). The van der Waals surface area contributed by atoms with Crippen LogP contribution in [0.25, 0.3) is 50.3 Å². The molecule has 0 unspecified atom stereocenters. The molecule has 0 spiro atoms. The lowest BCUT2D eigenvalue weighted by molar-refractivity contribution is 0.768. The highest BCUT2D eigenvalue weighted by molar-refractivity contribution is 5.97. The van der Waals surface area contributed by atoms with Crippen LogP contribution in [0.2, 0.25) is 0 Å². The summed E-state index contributed by atoms with van der Waals surface area (Å²) in [4.78, 5) is 16.8. The van der Waals surface area contributed by atoms with E-state index in [0.29, 0.717) is 0 Å². The molecule has 0 saturated carbocycles. The predicted octanol–water partition coefficient (Wildman–Crippen LogP) is 3.40. The summed E-state index contributed by atoms with van der Waals surface area (Å²) in [7, 11) is 1.89. The fourth-order valence-electron chi connectivity index (χ4n) is 3.75. The van der Waals surface area contributed by atoms with Crippen molar-refractivity contribution in [2.75, 3.05) is 0 Å². The number of aromatic nitrogens is 9. The first-order chi connectivity index (χ1) is 14.7. The first-order valence-corrected chi connectivity index (χ1v) is 9.48. The third kappa shape index (κ3) is 2.52. The average molecular weight is 395 g/mol. The van der Waals surface area contributed by atoms with E-state index in [9.17, 15) is 0 Å². The van der Waals surface area contributed by atoms with E-state index in [-0.39, 0.29) is 0 Å². The largest absolute Gasteiger partial charge is 0.338 e. The number of aryl methyl sites for hydroxylation is 2. The number of nitrogens with zero attached hydrogens (tertiary/aromatic N) is 7. The van der Waals surface area contributed by atoms with Gasteiger partial charge >= 0.3 is 0 Å². The zero-order valence-electron chi connectivity index (χ0n) is 16.3. The highest BCUT2D eigenvalue weighted by atomic mass is 15.2. The van der Waals surface area contributed by atoms with Crippen LogP contribution in [0.3, 0.4) is 0 Å². The topological polar surface area (TPSA) is 106 Å². The SMILES string of the molecule is Cc1cn(-c2ccnc3[nH]c(-c4n[nH]c5cnc(-c6cnn(C)c6)cc45)cc23)cn1. The Hall–Kier alpha value is -4.27. The molecule has 0 aliphatic heterocycles. The van der Waals surface area contributed by atoms with Crippen molar-refractivity contribution in [1.82, 2.24) is 44.5 Å². The molecule has 6 rings (SSSR count). The Kier molecular flexibility index (Phi) is 3.40. The minimum Gasteiger partial charge on any atom is -0.338 e. The third-order valence-electron chi connectivity index (χ3n) is 5.20. The highest BCUT2D eigenvalue weighted by Gasteiger charge is 2.15. The van der Waals surface area contributed by atoms with Crippen molar-refractivity contribution in [3.63, 3.8) is 0 Å². The first-order valence-electron chi connectivity index (χ1n) is 9.48. The first kappa shape index (κ1) is 16.7. The van der Waals surface area contributed by atoms with Crippen LogP contribution in [-0.4, -0.2) is 44.5 Å². The van der Waals surface area contributed by atoms with Gasteiger partial charge in [-0.15, -0.1) is 0 Å². The summed E-state index contributed by atoms with van der Waals surface area (Å²) >= 11 is 0. The van der Waals surface area contributed by atoms with Crippen molar-refractivity contribution < 1.29 is 0 Å². The van der Waals surface area contributed by atoms with Gasteiger partial charge in [0.25, 0.3) is 0 Å². The number of aromatic amines is 2. The Bertz CT molecular complexity index is 1530. The summed E-state index contributed by atoms with van der Waals surface area (Å²) in [5, 5.41) is 13.8. The molecule has 2 N–H and O–H groups in total. The van der Waals surface area contributed by atoms with Gasteiger partial charge in [0.1, 0.15) is 11.3 Å². The van der Waals surface area contributed by atoms with E-state index in [1.165, 1.54) is 0 Å². The number of nitrogens with one attached hydrogen (secondary N) is 2. The van der Waals surface area contributed by atoms with E-state index in [1.54, 1.807) is 23.3 Å². The van der Waals surface area contributed by atoms with E-state index in [0.717, 1.165) is 56.0 Å². The lowest BCUT2D eigenvalue weighted by Gasteiger charge is -2.02. The molecule has 0 aliphatic rings. The van der Waals surface area contributed by atoms with Crippen molar-refractivity contribution in [2.24, 2.45) is 7.05 Å². The number of hydrogen-bond donors (Lipinski definition) is 2. The van der Waals surface area contributed by atoms with Crippen molar-refractivity contribution in [3.8, 4) is 28.3 Å². The number of H-pyrrole nitrogens is 2. The fraction of sp³-hybridized carbons (Fsp3) is 0.0952. The Balaban J connectivity index is 1.52. The molecule has 0 bridgehead atoms. The molecule has 0 aromatic carbocycles. The molecule has 6 aromatic rings. The molecule has 9 heteroatoms. The Morgan fingerprint density at radius 1 is 1.00 bits per heavy atom. The number of fused-ring (bicyclic) bond motifs is 2. The normalized spacial score (nSPS) is 11.7. The van der Waals surface area contributed by atoms with Crippen molar-refractivity contribution >= 4 is 21.9 Å². The third-order valence-corrected chi connectivity index (χ3v) is 5.20. The van der Waals surface area contributed by atoms with Crippen LogP contribution in [0.5, 0.6) is 0 Å². The molecule has 0 amide bonds. The van der Waals surface area contributed by atoms with Crippen LogP contribution in [0.15, 0.2) is 55.5 Å². The Labute approximate surface area is 170 Å². The molecular formula is C21H17N9. The number of imidazole rings is 1. The van der Waals surface area contributed by atoms with Gasteiger partial charge in [-0.05, 0) is 25.1 Å². The minimum atomic E-state index is 0.798. The van der Waals surface area contributed by atoms with Crippen molar-refractivity contribution in [1.29, 1.82) is 0 Å². The second kappa shape index (κ2) is 6.11. The van der Waals surface area contributed by atoms with Crippen LogP contribution in [0.1, 0.15) is 5.69 Å². The second-order valence-electron chi connectivity index (χ2n) is 7.29. The molecule has 6 aromatic heterocycles. The molecule has 6 heterocycles. The molecule has 9 nitrogen and oxygen atoms in total. The van der Waals surface area contributed by atoms with Crippen LogP contribution in [-0.2, 0) is 7.05 Å². The van der Waals surface area contributed by atoms with Gasteiger partial charge in [-0.3, -0.25) is 14.8 Å². The lowest BCUT2D eigenvalue weighted by atomic mass is 10.1. The maximum atomic E-state index is 4.54. The van der Waals surface area contributed by atoms with Gasteiger partial charge in [0.2, 0.25) is 0 Å². The Morgan fingerprint density at radius 2 is 1.93 bits per heavy atom. The minimum absolute atomic E-state index is 0.798. The van der Waals surface area contributed by atoms with Crippen LogP contribution in [0.4, 0.5) is 0 Å². The van der Waals surface area contributed by atoms with Crippen LogP contribution < -0.4 is 0 Å². The maximum absolute atomic E-state index is 4.54. The summed E-state index contributed by atoms with van der Waals surface area (Å²) in [6.45, 7) is 1.97. The maximum Gasteiger partial charge on any atom is 0.139 e. The average Bonchev–Trinajstić information content (AvgIpc) is 3.52. The molecule has 0 fully saturated rings. The summed E-state index contributed by atoms with van der Waals surface area (Å²) in [5.74, 6) is 0. The zero-order valence-corrected chi connectivity index (χ0v) is 16.3. The predicted molar refractivity (Wildman–Crippen MR) is 113 cm³/mol. The van der Waals surface area contributed by atoms with Crippen molar-refractivity contribution in [3.05, 3.63) is 61.2 Å². The molecule has 146 valence electrons.